The Kier molecular flexibility index (Phi) is 7.47. The van der Waals surface area contributed by atoms with Crippen LogP contribution in [-0.2, 0) is 0 Å². The molecule has 9 aromatic carbocycles. The summed E-state index contributed by atoms with van der Waals surface area (Å²) in [5, 5.41) is 10.1. The molecular formula is C54H32N4O. The molecule has 0 bridgehead atoms. The molecule has 3 aromatic heterocycles. The van der Waals surface area contributed by atoms with Crippen molar-refractivity contribution in [2.24, 2.45) is 0 Å². The lowest BCUT2D eigenvalue weighted by Crippen LogP contribution is -2.00. The van der Waals surface area contributed by atoms with Crippen LogP contribution in [0.25, 0.3) is 122 Å². The van der Waals surface area contributed by atoms with Crippen LogP contribution >= 0.6 is 0 Å². The molecular weight excluding hydrogens is 721 g/mol. The number of hydrogen-bond donors (Lipinski definition) is 0. The Morgan fingerprint density at radius 1 is 0.288 bits per heavy atom. The maximum absolute atomic E-state index is 6.40. The van der Waals surface area contributed by atoms with Gasteiger partial charge in [-0.25, -0.2) is 19.9 Å². The fourth-order valence-electron chi connectivity index (χ4n) is 8.54. The van der Waals surface area contributed by atoms with Gasteiger partial charge < -0.3 is 4.42 Å². The molecule has 0 aliphatic heterocycles. The molecule has 5 heteroatoms. The fraction of sp³-hybridized carbons (Fsp3) is 0. The monoisotopic (exact) mass is 752 g/mol. The molecule has 0 spiro atoms. The van der Waals surface area contributed by atoms with Crippen molar-refractivity contribution in [3.05, 3.63) is 194 Å². The minimum absolute atomic E-state index is 0.620. The number of fused-ring (bicyclic) bond motifs is 9. The third-order valence-electron chi connectivity index (χ3n) is 11.5. The lowest BCUT2D eigenvalue weighted by atomic mass is 9.94. The molecule has 274 valence electrons. The predicted molar refractivity (Wildman–Crippen MR) is 242 cm³/mol. The summed E-state index contributed by atoms with van der Waals surface area (Å²) in [4.78, 5) is 20.5. The van der Waals surface area contributed by atoms with Crippen LogP contribution in [0, 0.1) is 0 Å². The summed E-state index contributed by atoms with van der Waals surface area (Å²) in [6, 6.07) is 67.5. The van der Waals surface area contributed by atoms with Gasteiger partial charge in [-0.15, -0.1) is 0 Å². The number of pyridine rings is 1. The Bertz CT molecular complexity index is 3510. The van der Waals surface area contributed by atoms with Crippen molar-refractivity contribution in [3.63, 3.8) is 0 Å². The third kappa shape index (κ3) is 5.63. The van der Waals surface area contributed by atoms with Crippen LogP contribution in [0.5, 0.6) is 0 Å². The van der Waals surface area contributed by atoms with E-state index in [4.69, 9.17) is 24.4 Å². The number of benzene rings is 9. The average molecular weight is 753 g/mol. The first-order valence-electron chi connectivity index (χ1n) is 19.8. The molecule has 0 aliphatic rings. The second-order valence-electron chi connectivity index (χ2n) is 15.0. The quantitative estimate of drug-likeness (QED) is 0.164. The Labute approximate surface area is 338 Å². The van der Waals surface area contributed by atoms with Crippen LogP contribution in [0.4, 0.5) is 0 Å². The van der Waals surface area contributed by atoms with Gasteiger partial charge in [0.1, 0.15) is 11.2 Å². The van der Waals surface area contributed by atoms with E-state index in [1.165, 1.54) is 10.8 Å². The average Bonchev–Trinajstić information content (AvgIpc) is 3.70. The number of nitrogens with zero attached hydrogens (tertiary/aromatic N) is 4. The molecule has 0 unspecified atom stereocenters. The van der Waals surface area contributed by atoms with E-state index in [2.05, 4.69) is 176 Å². The van der Waals surface area contributed by atoms with Crippen LogP contribution in [0.1, 0.15) is 0 Å². The summed E-state index contributed by atoms with van der Waals surface area (Å²) in [5.41, 5.74) is 9.68. The first-order valence-corrected chi connectivity index (χ1v) is 19.8. The van der Waals surface area contributed by atoms with Gasteiger partial charge in [-0.1, -0.05) is 152 Å². The maximum Gasteiger partial charge on any atom is 0.164 e. The highest BCUT2D eigenvalue weighted by Gasteiger charge is 2.19. The van der Waals surface area contributed by atoms with E-state index in [0.717, 1.165) is 93.5 Å². The minimum Gasteiger partial charge on any atom is -0.456 e. The highest BCUT2D eigenvalue weighted by atomic mass is 16.3. The molecule has 0 radical (unpaired) electrons. The first-order chi connectivity index (χ1) is 29.2. The second-order valence-corrected chi connectivity index (χ2v) is 15.0. The zero-order chi connectivity index (χ0) is 38.9. The molecule has 0 saturated heterocycles. The minimum atomic E-state index is 0.620. The first kappa shape index (κ1) is 33.2. The molecule has 0 fully saturated rings. The van der Waals surface area contributed by atoms with Gasteiger partial charge >= 0.3 is 0 Å². The van der Waals surface area contributed by atoms with Gasteiger partial charge in [0.2, 0.25) is 0 Å². The van der Waals surface area contributed by atoms with E-state index >= 15 is 0 Å². The Morgan fingerprint density at radius 2 is 0.847 bits per heavy atom. The van der Waals surface area contributed by atoms with Crippen molar-refractivity contribution in [1.82, 2.24) is 19.9 Å². The van der Waals surface area contributed by atoms with E-state index in [0.29, 0.717) is 17.5 Å². The van der Waals surface area contributed by atoms with E-state index in [1.807, 2.05) is 18.2 Å². The van der Waals surface area contributed by atoms with E-state index < -0.39 is 0 Å². The summed E-state index contributed by atoms with van der Waals surface area (Å²) in [5.74, 6) is 1.89. The van der Waals surface area contributed by atoms with E-state index in [9.17, 15) is 0 Å². The zero-order valence-corrected chi connectivity index (χ0v) is 31.7. The van der Waals surface area contributed by atoms with Crippen molar-refractivity contribution >= 4 is 65.2 Å². The van der Waals surface area contributed by atoms with Gasteiger partial charge in [0.15, 0.2) is 17.5 Å². The zero-order valence-electron chi connectivity index (χ0n) is 31.7. The lowest BCUT2D eigenvalue weighted by molar-refractivity contribution is 0.669. The highest BCUT2D eigenvalue weighted by molar-refractivity contribution is 6.28. The van der Waals surface area contributed by atoms with Crippen molar-refractivity contribution < 1.29 is 4.42 Å². The molecule has 0 atom stereocenters. The van der Waals surface area contributed by atoms with Crippen LogP contribution in [0.2, 0.25) is 0 Å². The van der Waals surface area contributed by atoms with Crippen molar-refractivity contribution in [2.45, 2.75) is 0 Å². The van der Waals surface area contributed by atoms with Gasteiger partial charge in [0, 0.05) is 49.2 Å². The van der Waals surface area contributed by atoms with Gasteiger partial charge in [-0.3, -0.25) is 0 Å². The highest BCUT2D eigenvalue weighted by Crippen LogP contribution is 2.42. The summed E-state index contributed by atoms with van der Waals surface area (Å²) in [6.45, 7) is 0. The largest absolute Gasteiger partial charge is 0.456 e. The van der Waals surface area contributed by atoms with Crippen LogP contribution in [0.15, 0.2) is 199 Å². The van der Waals surface area contributed by atoms with Gasteiger partial charge in [0.25, 0.3) is 0 Å². The summed E-state index contributed by atoms with van der Waals surface area (Å²) in [6.07, 6.45) is 0. The molecule has 0 N–H and O–H groups in total. The van der Waals surface area contributed by atoms with Crippen molar-refractivity contribution in [3.8, 4) is 56.5 Å². The molecule has 3 heterocycles. The van der Waals surface area contributed by atoms with Crippen LogP contribution < -0.4 is 0 Å². The molecule has 0 saturated carbocycles. The summed E-state index contributed by atoms with van der Waals surface area (Å²) >= 11 is 0. The topological polar surface area (TPSA) is 64.7 Å². The van der Waals surface area contributed by atoms with E-state index in [-0.39, 0.29) is 0 Å². The number of hydrogen-bond acceptors (Lipinski definition) is 5. The van der Waals surface area contributed by atoms with Crippen molar-refractivity contribution in [1.29, 1.82) is 0 Å². The maximum atomic E-state index is 6.40. The molecule has 0 aliphatic carbocycles. The molecule has 12 rings (SSSR count). The normalized spacial score (nSPS) is 11.7. The molecule has 59 heavy (non-hydrogen) atoms. The van der Waals surface area contributed by atoms with E-state index in [1.54, 1.807) is 0 Å². The molecule has 5 nitrogen and oxygen atoms in total. The SMILES string of the molecule is c1ccc(-c2nc3ccc(-c4ccc(-c5nc(-c6ccc7ccccc7c6)nc(-c6ccc7ccccc7c6)n5)cc4)cc3c3c2ccc2oc4ccccc4c23)cc1. The standard InChI is InChI=1S/C54H32N4O/c1-2-12-36(13-3-1)51-44-27-29-48-50(43-16-8-9-17-47(43)59-48)49(44)45-32-40(26-28-46(45)55-51)35-18-22-37(23-19-35)52-56-53(41-24-20-33-10-4-6-14-38(33)30-41)58-54(57-52)42-25-21-34-11-5-7-15-39(34)31-42/h1-32H. The van der Waals surface area contributed by atoms with Crippen LogP contribution in [0.3, 0.4) is 0 Å². The number of furan rings is 1. The van der Waals surface area contributed by atoms with Gasteiger partial charge in [-0.2, -0.15) is 0 Å². The smallest absolute Gasteiger partial charge is 0.164 e. The Balaban J connectivity index is 1.00. The summed E-state index contributed by atoms with van der Waals surface area (Å²) in [7, 11) is 0. The van der Waals surface area contributed by atoms with Gasteiger partial charge in [0.05, 0.1) is 11.2 Å². The predicted octanol–water partition coefficient (Wildman–Crippen LogP) is 14.1. The Morgan fingerprint density at radius 3 is 1.54 bits per heavy atom. The second kappa shape index (κ2) is 13.3. The summed E-state index contributed by atoms with van der Waals surface area (Å²) < 4.78 is 6.40. The van der Waals surface area contributed by atoms with Crippen molar-refractivity contribution in [2.75, 3.05) is 0 Å². The fourth-order valence-corrected chi connectivity index (χ4v) is 8.54. The number of para-hydroxylation sites is 1. The van der Waals surface area contributed by atoms with Crippen LogP contribution in [-0.4, -0.2) is 19.9 Å². The third-order valence-corrected chi connectivity index (χ3v) is 11.5. The lowest BCUT2D eigenvalue weighted by Gasteiger charge is -2.13. The Hall–Kier alpha value is -8.02. The van der Waals surface area contributed by atoms with Gasteiger partial charge in [-0.05, 0) is 75.1 Å². The molecule has 12 aromatic rings. The number of rotatable bonds is 5. The molecule has 0 amide bonds. The number of aromatic nitrogens is 4.